The smallest absolute Gasteiger partial charge is 0.449 e. The van der Waals surface area contributed by atoms with Crippen LogP contribution < -0.4 is 5.32 Å². The summed E-state index contributed by atoms with van der Waals surface area (Å²) in [6.45, 7) is 2.85. The molecule has 0 saturated heterocycles. The second-order valence-electron chi connectivity index (χ2n) is 16.2. The second-order valence-corrected chi connectivity index (χ2v) is 20.2. The van der Waals surface area contributed by atoms with E-state index in [4.69, 9.17) is 18.5 Å². The molecule has 19 heteroatoms. The molecule has 2 aromatic rings. The number of amides is 1. The highest BCUT2D eigenvalue weighted by molar-refractivity contribution is 8.13. The highest BCUT2D eigenvalue weighted by Gasteiger charge is 2.73. The predicted octanol–water partition coefficient (Wildman–Crippen LogP) is 8.13. The maximum absolute atomic E-state index is 18.3. The van der Waals surface area contributed by atoms with Gasteiger partial charge < -0.3 is 24.6 Å². The van der Waals surface area contributed by atoms with Crippen molar-refractivity contribution in [2.24, 2.45) is 34.5 Å². The molecule has 3 unspecified atom stereocenters. The first-order valence-corrected chi connectivity index (χ1v) is 23.2. The molecule has 3 N–H and O–H groups in total. The van der Waals surface area contributed by atoms with Crippen LogP contribution in [0.15, 0.2) is 72.3 Å². The van der Waals surface area contributed by atoms with Gasteiger partial charge in [-0.15, -0.1) is 0 Å². The van der Waals surface area contributed by atoms with E-state index in [1.165, 1.54) is 13.0 Å². The van der Waals surface area contributed by atoms with Crippen LogP contribution >= 0.6 is 27.4 Å². The molecule has 5 aliphatic rings. The van der Waals surface area contributed by atoms with E-state index in [-0.39, 0.29) is 43.4 Å². The molecule has 0 aromatic heterocycles. The molecular weight excluding hydrogens is 837 g/mol. The Hall–Kier alpha value is -3.11. The number of ether oxygens (including phenoxy) is 2. The van der Waals surface area contributed by atoms with Crippen molar-refractivity contribution < 1.29 is 69.3 Å². The van der Waals surface area contributed by atoms with E-state index < -0.39 is 98.6 Å². The summed E-state index contributed by atoms with van der Waals surface area (Å²) >= 11 is 0.500. The number of rotatable bonds is 14. The molecule has 2 aromatic carbocycles. The second kappa shape index (κ2) is 16.6. The molecular formula is C40H46F3NO12P2S. The van der Waals surface area contributed by atoms with Crippen molar-refractivity contribution in [3.05, 3.63) is 83.5 Å². The van der Waals surface area contributed by atoms with Crippen LogP contribution in [-0.2, 0) is 41.6 Å². The predicted molar refractivity (Wildman–Crippen MR) is 210 cm³/mol. The van der Waals surface area contributed by atoms with Gasteiger partial charge in [0.1, 0.15) is 18.8 Å². The molecule has 0 spiro atoms. The van der Waals surface area contributed by atoms with Crippen molar-refractivity contribution in [3.63, 3.8) is 0 Å². The van der Waals surface area contributed by atoms with E-state index >= 15 is 8.78 Å². The minimum absolute atomic E-state index is 0.0141. The summed E-state index contributed by atoms with van der Waals surface area (Å²) in [4.78, 5) is 58.7. The lowest BCUT2D eigenvalue weighted by molar-refractivity contribution is -0.231. The Balaban J connectivity index is 0.960. The Labute approximate surface area is 343 Å². The van der Waals surface area contributed by atoms with Crippen molar-refractivity contribution in [1.29, 1.82) is 0 Å². The van der Waals surface area contributed by atoms with Crippen LogP contribution in [0.5, 0.6) is 0 Å². The van der Waals surface area contributed by atoms with Crippen LogP contribution in [0, 0.1) is 34.5 Å². The number of ketones is 1. The number of fused-ring (bicyclic) bond motifs is 8. The Morgan fingerprint density at radius 3 is 2.29 bits per heavy atom. The van der Waals surface area contributed by atoms with Gasteiger partial charge in [-0.25, -0.2) is 27.1 Å². The van der Waals surface area contributed by atoms with Crippen molar-refractivity contribution in [2.45, 2.75) is 63.9 Å². The number of allylic oxidation sites excluding steroid dienone is 4. The van der Waals surface area contributed by atoms with E-state index in [1.807, 2.05) is 48.5 Å². The third-order valence-corrected chi connectivity index (χ3v) is 16.3. The average molecular weight is 884 g/mol. The van der Waals surface area contributed by atoms with Gasteiger partial charge in [-0.05, 0) is 83.4 Å². The van der Waals surface area contributed by atoms with E-state index in [9.17, 15) is 37.7 Å². The molecule has 1 amide bonds. The van der Waals surface area contributed by atoms with E-state index in [1.54, 1.807) is 13.8 Å². The Bertz CT molecular complexity index is 2120. The molecule has 59 heavy (non-hydrogen) atoms. The molecule has 0 bridgehead atoms. The van der Waals surface area contributed by atoms with E-state index in [0.717, 1.165) is 34.4 Å². The summed E-state index contributed by atoms with van der Waals surface area (Å²) in [5, 5.41) is 1.93. The largest absolute Gasteiger partial charge is 0.483 e. The Kier molecular flexibility index (Phi) is 12.4. The zero-order chi connectivity index (χ0) is 42.5. The normalized spacial score (nSPS) is 34.0. The van der Waals surface area contributed by atoms with Crippen LogP contribution in [-0.4, -0.2) is 77.3 Å². The average Bonchev–Trinajstić information content (AvgIpc) is 3.63. The van der Waals surface area contributed by atoms with Gasteiger partial charge in [0.25, 0.3) is 0 Å². The van der Waals surface area contributed by atoms with E-state index in [0.29, 0.717) is 18.2 Å². The standard InChI is InChI=1S/C40H46F3NO12P2S/c1-23-16-30-31-18-33(42)32-17-24(45)12-13-39(32,3)40(31,43)34(19-38(30,2)35(23)36(46)59-21-41)53-22-55-58(50,51)56-57(48,49)54-15-14-44-37(47)52-20-29-27-10-6-4-8-25(27)26-9-5-7-11-28(26)29/h4-13,17,23,29-31,33-35H,14-16,18-22H2,1-3H3,(H,44,47)(H,48,49)(H,50,51)/t23-,30+,31+,33+,34+,35?,38-,39+,40+/m1/s1. The first kappa shape index (κ1) is 44.0. The summed E-state index contributed by atoms with van der Waals surface area (Å²) in [7, 11) is -10.8. The Morgan fingerprint density at radius 1 is 0.983 bits per heavy atom. The number of hydrogen-bond acceptors (Lipinski definition) is 11. The third-order valence-electron chi connectivity index (χ3n) is 13.1. The van der Waals surface area contributed by atoms with Crippen LogP contribution in [0.3, 0.4) is 0 Å². The molecule has 5 aliphatic carbocycles. The summed E-state index contributed by atoms with van der Waals surface area (Å²) in [5.41, 5.74) is -1.17. The van der Waals surface area contributed by atoms with Gasteiger partial charge >= 0.3 is 21.7 Å². The van der Waals surface area contributed by atoms with Crippen LogP contribution in [0.25, 0.3) is 11.1 Å². The number of phosphoric acid groups is 2. The maximum atomic E-state index is 18.3. The van der Waals surface area contributed by atoms with Crippen LogP contribution in [0.1, 0.15) is 57.1 Å². The summed E-state index contributed by atoms with van der Waals surface area (Å²) < 4.78 is 98.5. The number of alkyl halides is 3. The summed E-state index contributed by atoms with van der Waals surface area (Å²) in [5.74, 6) is -3.41. The fourth-order valence-electron chi connectivity index (χ4n) is 10.7. The van der Waals surface area contributed by atoms with Gasteiger partial charge in [0.05, 0.1) is 12.7 Å². The first-order valence-electron chi connectivity index (χ1n) is 19.2. The molecule has 3 saturated carbocycles. The number of carbonyl (C=O) groups excluding carboxylic acids is 3. The number of carbonyl (C=O) groups is 3. The van der Waals surface area contributed by atoms with E-state index in [2.05, 4.69) is 9.63 Å². The fraction of sp³-hybridized carbons (Fsp3) is 0.525. The van der Waals surface area contributed by atoms with Gasteiger partial charge in [0.2, 0.25) is 0 Å². The molecule has 0 aliphatic heterocycles. The van der Waals surface area contributed by atoms with Gasteiger partial charge in [-0.1, -0.05) is 80.2 Å². The van der Waals surface area contributed by atoms with Gasteiger partial charge in [0.15, 0.2) is 23.4 Å². The number of alkyl carbamates (subject to hydrolysis) is 1. The zero-order valence-electron chi connectivity index (χ0n) is 32.5. The number of phosphoric ester groups is 2. The van der Waals surface area contributed by atoms with Crippen LogP contribution in [0.2, 0.25) is 0 Å². The topological polar surface area (TPSA) is 184 Å². The SMILES string of the molecule is C[C@@H]1C[C@H]2[C@@H]3C[C@H](F)C4=CC(=O)C=C[C@]4(C)[C@@]3(F)[C@@H](OCOP(=O)(O)OP(=O)(O)OCCNC(=O)OCC3c4ccccc4-c4ccccc43)C[C@@]2(C)C1C(=O)SCF. The number of hydrogen-bond donors (Lipinski definition) is 3. The molecule has 0 radical (unpaired) electrons. The molecule has 320 valence electrons. The monoisotopic (exact) mass is 883 g/mol. The first-order chi connectivity index (χ1) is 27.8. The van der Waals surface area contributed by atoms with Crippen LogP contribution in [0.4, 0.5) is 18.0 Å². The summed E-state index contributed by atoms with van der Waals surface area (Å²) in [6.07, 6.45) is -0.746. The van der Waals surface area contributed by atoms with Crippen molar-refractivity contribution >= 4 is 44.4 Å². The fourth-order valence-corrected chi connectivity index (χ4v) is 13.4. The number of benzene rings is 2. The zero-order valence-corrected chi connectivity index (χ0v) is 35.1. The highest BCUT2D eigenvalue weighted by Crippen LogP contribution is 2.71. The van der Waals surface area contributed by atoms with Gasteiger partial charge in [0, 0.05) is 29.7 Å². The molecule has 7 rings (SSSR count). The highest BCUT2D eigenvalue weighted by atomic mass is 32.2. The molecule has 0 heterocycles. The Morgan fingerprint density at radius 2 is 1.63 bits per heavy atom. The number of nitrogens with one attached hydrogen (secondary N) is 1. The number of halogens is 3. The van der Waals surface area contributed by atoms with Crippen molar-refractivity contribution in [1.82, 2.24) is 5.32 Å². The summed E-state index contributed by atoms with van der Waals surface area (Å²) in [6, 6.07) is 14.6. The minimum Gasteiger partial charge on any atom is -0.449 e. The molecule has 3 fully saturated rings. The molecule has 11 atom stereocenters. The maximum Gasteiger partial charge on any atom is 0.483 e. The number of thioether (sulfide) groups is 1. The lowest BCUT2D eigenvalue weighted by Crippen LogP contribution is -2.68. The van der Waals surface area contributed by atoms with Crippen molar-refractivity contribution in [2.75, 3.05) is 32.6 Å². The molecule has 13 nitrogen and oxygen atoms in total. The minimum atomic E-state index is -5.46. The lowest BCUT2D eigenvalue weighted by atomic mass is 9.45. The quantitative estimate of drug-likeness (QED) is 0.0940. The van der Waals surface area contributed by atoms with Gasteiger partial charge in [-0.2, -0.15) is 4.31 Å². The third kappa shape index (κ3) is 8.08. The van der Waals surface area contributed by atoms with Crippen molar-refractivity contribution in [3.8, 4) is 11.1 Å². The lowest BCUT2D eigenvalue weighted by Gasteiger charge is -2.63. The van der Waals surface area contributed by atoms with Gasteiger partial charge in [-0.3, -0.25) is 18.6 Å².